The van der Waals surface area contributed by atoms with E-state index in [1.165, 1.54) is 6.07 Å². The number of benzene rings is 5. The van der Waals surface area contributed by atoms with Crippen LogP contribution in [0.3, 0.4) is 0 Å². The Bertz CT molecular complexity index is 1960. The molecule has 0 aliphatic carbocycles. The summed E-state index contributed by atoms with van der Waals surface area (Å²) >= 11 is 1.56. The highest BCUT2D eigenvalue weighted by atomic mass is 32.1. The Morgan fingerprint density at radius 2 is 1.07 bits per heavy atom. The zero-order chi connectivity index (χ0) is 28.1. The molecule has 42 heavy (non-hydrogen) atoms. The minimum Gasteiger partial charge on any atom is -0.473 e. The van der Waals surface area contributed by atoms with Crippen molar-refractivity contribution in [1.82, 2.24) is 0 Å². The Hall–Kier alpha value is -4.93. The predicted octanol–water partition coefficient (Wildman–Crippen LogP) is 9.74. The Kier molecular flexibility index (Phi) is 5.66. The molecule has 4 heteroatoms. The van der Waals surface area contributed by atoms with Gasteiger partial charge in [0, 0.05) is 27.8 Å². The normalized spacial score (nSPS) is 18.1. The van der Waals surface area contributed by atoms with Crippen molar-refractivity contribution in [2.45, 2.75) is 11.2 Å². The lowest BCUT2D eigenvalue weighted by atomic mass is 9.83. The second-order valence-electron chi connectivity index (χ2n) is 10.6. The molecule has 6 aromatic rings. The van der Waals surface area contributed by atoms with E-state index in [0.29, 0.717) is 11.3 Å². The molecule has 0 saturated carbocycles. The first-order chi connectivity index (χ1) is 20.7. The molecule has 1 unspecified atom stereocenters. The molecule has 8 rings (SSSR count). The average molecular weight is 565 g/mol. The van der Waals surface area contributed by atoms with Gasteiger partial charge in [-0.1, -0.05) is 84.9 Å². The van der Waals surface area contributed by atoms with Gasteiger partial charge in [0.25, 0.3) is 0 Å². The summed E-state index contributed by atoms with van der Waals surface area (Å²) in [7, 11) is 0. The number of ether oxygens (including phenoxy) is 2. The summed E-state index contributed by atoms with van der Waals surface area (Å²) in [4.78, 5) is 0.925. The maximum Gasteiger partial charge on any atom is 0.189 e. The van der Waals surface area contributed by atoms with Gasteiger partial charge in [-0.25, -0.2) is 4.39 Å². The predicted molar refractivity (Wildman–Crippen MR) is 168 cm³/mol. The van der Waals surface area contributed by atoms with Gasteiger partial charge in [-0.05, 0) is 76.9 Å². The van der Waals surface area contributed by atoms with E-state index in [1.54, 1.807) is 23.5 Å². The van der Waals surface area contributed by atoms with Gasteiger partial charge in [0.2, 0.25) is 0 Å². The summed E-state index contributed by atoms with van der Waals surface area (Å²) in [6.07, 6.45) is 8.40. The third-order valence-electron chi connectivity index (χ3n) is 8.28. The van der Waals surface area contributed by atoms with Crippen LogP contribution in [0, 0.1) is 5.82 Å². The van der Waals surface area contributed by atoms with Crippen molar-refractivity contribution in [3.8, 4) is 11.5 Å². The van der Waals surface area contributed by atoms with E-state index < -0.39 is 11.2 Å². The lowest BCUT2D eigenvalue weighted by Crippen LogP contribution is -2.34. The van der Waals surface area contributed by atoms with Crippen molar-refractivity contribution in [2.75, 3.05) is 0 Å². The molecule has 0 saturated heterocycles. The molecule has 0 N–H and O–H groups in total. The number of fused-ring (bicyclic) bond motifs is 5. The first kappa shape index (κ1) is 24.8. The molecule has 0 bridgehead atoms. The highest BCUT2D eigenvalue weighted by molar-refractivity contribution is 7.10. The Morgan fingerprint density at radius 3 is 1.64 bits per heavy atom. The van der Waals surface area contributed by atoms with E-state index in [1.807, 2.05) is 78.2 Å². The molecular formula is C38H25FO2S. The second-order valence-corrected chi connectivity index (χ2v) is 11.5. The third kappa shape index (κ3) is 3.69. The van der Waals surface area contributed by atoms with Gasteiger partial charge in [-0.3, -0.25) is 0 Å². The third-order valence-corrected chi connectivity index (χ3v) is 9.27. The summed E-state index contributed by atoms with van der Waals surface area (Å²) in [5.41, 5.74) is 2.85. The van der Waals surface area contributed by atoms with Crippen LogP contribution in [0.2, 0.25) is 0 Å². The van der Waals surface area contributed by atoms with E-state index in [4.69, 9.17) is 9.47 Å². The quantitative estimate of drug-likeness (QED) is 0.212. The number of thiophene rings is 1. The van der Waals surface area contributed by atoms with E-state index in [0.717, 1.165) is 43.7 Å². The van der Waals surface area contributed by atoms with Crippen molar-refractivity contribution in [3.63, 3.8) is 0 Å². The summed E-state index contributed by atoms with van der Waals surface area (Å²) in [6.45, 7) is 0. The molecule has 5 aromatic carbocycles. The van der Waals surface area contributed by atoms with Crippen LogP contribution in [0.5, 0.6) is 11.5 Å². The van der Waals surface area contributed by atoms with Gasteiger partial charge >= 0.3 is 0 Å². The first-order valence-electron chi connectivity index (χ1n) is 13.9. The van der Waals surface area contributed by atoms with Crippen LogP contribution < -0.4 is 9.47 Å². The van der Waals surface area contributed by atoms with Crippen LogP contribution in [-0.4, -0.2) is 0 Å². The lowest BCUT2D eigenvalue weighted by molar-refractivity contribution is 0.160. The fourth-order valence-corrected chi connectivity index (χ4v) is 7.12. The van der Waals surface area contributed by atoms with Crippen LogP contribution in [-0.2, 0) is 11.2 Å². The SMILES string of the molecule is Fc1ccccc1C1(c2cccs2)C=Cc2c(ccc3c4c(ccc23)OC(c2ccccc2)(c2ccccc2)C=C4)O1. The summed E-state index contributed by atoms with van der Waals surface area (Å²) < 4.78 is 28.9. The average Bonchev–Trinajstić information content (AvgIpc) is 3.61. The van der Waals surface area contributed by atoms with E-state index in [2.05, 4.69) is 54.6 Å². The Morgan fingerprint density at radius 1 is 0.524 bits per heavy atom. The standard InChI is InChI=1S/C38H25FO2S/c39-33-15-8-7-14-32(33)38(36-16-9-25-42-36)24-22-31-29-17-19-34-30(28(29)18-20-35(31)41-38)21-23-37(40-34,26-10-3-1-4-11-26)27-12-5-2-6-13-27/h1-25H. The fraction of sp³-hybridized carbons (Fsp3) is 0.0526. The zero-order valence-electron chi connectivity index (χ0n) is 22.5. The van der Waals surface area contributed by atoms with Crippen LogP contribution in [0.1, 0.15) is 32.7 Å². The molecule has 0 spiro atoms. The van der Waals surface area contributed by atoms with Crippen LogP contribution in [0.15, 0.2) is 139 Å². The van der Waals surface area contributed by atoms with E-state index in [9.17, 15) is 0 Å². The fourth-order valence-electron chi connectivity index (χ4n) is 6.26. The minimum atomic E-state index is -1.04. The first-order valence-corrected chi connectivity index (χ1v) is 14.8. The molecule has 0 radical (unpaired) electrons. The second kappa shape index (κ2) is 9.57. The Labute approximate surface area is 247 Å². The molecule has 1 atom stereocenters. The molecule has 2 nitrogen and oxygen atoms in total. The van der Waals surface area contributed by atoms with Crippen LogP contribution in [0.4, 0.5) is 4.39 Å². The highest BCUT2D eigenvalue weighted by Crippen LogP contribution is 2.49. The van der Waals surface area contributed by atoms with Gasteiger partial charge in [0.15, 0.2) is 11.2 Å². The van der Waals surface area contributed by atoms with Crippen molar-refractivity contribution in [2.24, 2.45) is 0 Å². The topological polar surface area (TPSA) is 18.5 Å². The van der Waals surface area contributed by atoms with Crippen molar-refractivity contribution >= 4 is 34.3 Å². The molecule has 1 aromatic heterocycles. The summed E-state index contributed by atoms with van der Waals surface area (Å²) in [6, 6.07) is 39.7. The summed E-state index contributed by atoms with van der Waals surface area (Å²) in [5.74, 6) is 1.24. The monoisotopic (exact) mass is 564 g/mol. The molecule has 3 heterocycles. The molecule has 2 aliphatic heterocycles. The maximum absolute atomic E-state index is 15.2. The van der Waals surface area contributed by atoms with Gasteiger partial charge in [0.1, 0.15) is 17.3 Å². The van der Waals surface area contributed by atoms with Crippen molar-refractivity contribution in [3.05, 3.63) is 177 Å². The van der Waals surface area contributed by atoms with Gasteiger partial charge in [-0.2, -0.15) is 0 Å². The lowest BCUT2D eigenvalue weighted by Gasteiger charge is -2.37. The molecule has 2 aliphatic rings. The number of hydrogen-bond acceptors (Lipinski definition) is 3. The highest BCUT2D eigenvalue weighted by Gasteiger charge is 2.41. The number of halogens is 1. The molecule has 0 amide bonds. The molecule has 0 fully saturated rings. The van der Waals surface area contributed by atoms with Crippen LogP contribution >= 0.6 is 11.3 Å². The Balaban J connectivity index is 1.26. The van der Waals surface area contributed by atoms with Crippen LogP contribution in [0.25, 0.3) is 22.9 Å². The van der Waals surface area contributed by atoms with E-state index >= 15 is 4.39 Å². The minimum absolute atomic E-state index is 0.295. The summed E-state index contributed by atoms with van der Waals surface area (Å²) in [5, 5.41) is 4.12. The number of rotatable bonds is 4. The van der Waals surface area contributed by atoms with Gasteiger partial charge in [0.05, 0.1) is 4.88 Å². The zero-order valence-corrected chi connectivity index (χ0v) is 23.4. The smallest absolute Gasteiger partial charge is 0.189 e. The largest absolute Gasteiger partial charge is 0.473 e. The maximum atomic E-state index is 15.2. The van der Waals surface area contributed by atoms with Gasteiger partial charge < -0.3 is 9.47 Å². The molecule has 202 valence electrons. The number of hydrogen-bond donors (Lipinski definition) is 0. The molecular weight excluding hydrogens is 539 g/mol. The van der Waals surface area contributed by atoms with Crippen molar-refractivity contribution in [1.29, 1.82) is 0 Å². The van der Waals surface area contributed by atoms with Gasteiger partial charge in [-0.15, -0.1) is 11.3 Å². The van der Waals surface area contributed by atoms with E-state index in [-0.39, 0.29) is 5.82 Å². The van der Waals surface area contributed by atoms with Crippen molar-refractivity contribution < 1.29 is 13.9 Å².